The fourth-order valence-corrected chi connectivity index (χ4v) is 2.19. The summed E-state index contributed by atoms with van der Waals surface area (Å²) < 4.78 is 23.1. The van der Waals surface area contributed by atoms with E-state index in [0.29, 0.717) is 11.3 Å². The maximum absolute atomic E-state index is 11.9. The van der Waals surface area contributed by atoms with Crippen LogP contribution in [-0.4, -0.2) is 13.2 Å². The van der Waals surface area contributed by atoms with E-state index in [1.165, 1.54) is 0 Å². The van der Waals surface area contributed by atoms with Crippen LogP contribution in [0.1, 0.15) is 26.3 Å². The lowest BCUT2D eigenvalue weighted by molar-refractivity contribution is 0.559. The van der Waals surface area contributed by atoms with Crippen LogP contribution in [-0.2, 0) is 15.6 Å². The van der Waals surface area contributed by atoms with Crippen molar-refractivity contribution in [1.82, 2.24) is 0 Å². The van der Waals surface area contributed by atoms with Gasteiger partial charge >= 0.3 is 0 Å². The van der Waals surface area contributed by atoms with Crippen molar-refractivity contribution in [3.63, 3.8) is 0 Å². The van der Waals surface area contributed by atoms with Gasteiger partial charge in [-0.05, 0) is 32.4 Å². The topological polar surface area (TPSA) is 60.2 Å². The monoisotopic (exact) mass is 227 g/mol. The molecule has 0 heterocycles. The van der Waals surface area contributed by atoms with E-state index in [9.17, 15) is 8.42 Å². The molecule has 4 heteroatoms. The van der Waals surface area contributed by atoms with E-state index in [1.54, 1.807) is 45.0 Å². The van der Waals surface area contributed by atoms with Gasteiger partial charge in [-0.1, -0.05) is 18.2 Å². The largest absolute Gasteiger partial charge is 0.398 e. The highest BCUT2D eigenvalue weighted by Crippen LogP contribution is 2.23. The van der Waals surface area contributed by atoms with E-state index in [0.717, 1.165) is 0 Å². The van der Waals surface area contributed by atoms with Gasteiger partial charge in [-0.3, -0.25) is 0 Å². The number of nitrogen functional groups attached to an aromatic ring is 1. The molecular weight excluding hydrogens is 210 g/mol. The molecule has 0 amide bonds. The number of anilines is 1. The fourth-order valence-electron chi connectivity index (χ4n) is 1.09. The zero-order valence-electron chi connectivity index (χ0n) is 9.32. The number of hydrogen-bond acceptors (Lipinski definition) is 3. The molecule has 0 spiro atoms. The molecule has 0 aliphatic carbocycles. The Bertz CT molecular complexity index is 444. The number of para-hydroxylation sites is 1. The summed E-state index contributed by atoms with van der Waals surface area (Å²) in [7, 11) is -3.15. The molecule has 15 heavy (non-hydrogen) atoms. The van der Waals surface area contributed by atoms with Gasteiger partial charge in [0, 0.05) is 5.69 Å². The fraction of sp³-hybridized carbons (Fsp3) is 0.455. The summed E-state index contributed by atoms with van der Waals surface area (Å²) in [4.78, 5) is 0. The first-order valence-corrected chi connectivity index (χ1v) is 6.45. The first kappa shape index (κ1) is 12.0. The van der Waals surface area contributed by atoms with E-state index in [2.05, 4.69) is 0 Å². The standard InChI is InChI=1S/C11H17NO2S/c1-11(2,3)15(13,14)8-9-6-4-5-7-10(9)12/h4-7H,8,12H2,1-3H3. The lowest BCUT2D eigenvalue weighted by atomic mass is 10.2. The van der Waals surface area contributed by atoms with Crippen molar-refractivity contribution < 1.29 is 8.42 Å². The smallest absolute Gasteiger partial charge is 0.159 e. The molecule has 0 radical (unpaired) electrons. The number of benzene rings is 1. The minimum Gasteiger partial charge on any atom is -0.398 e. The summed E-state index contributed by atoms with van der Waals surface area (Å²) in [5, 5.41) is 0. The maximum Gasteiger partial charge on any atom is 0.159 e. The number of sulfone groups is 1. The first-order valence-electron chi connectivity index (χ1n) is 4.80. The second kappa shape index (κ2) is 3.85. The second-order valence-electron chi connectivity index (χ2n) is 4.57. The van der Waals surface area contributed by atoms with E-state index < -0.39 is 14.6 Å². The quantitative estimate of drug-likeness (QED) is 0.786. The zero-order chi connectivity index (χ0) is 11.7. The van der Waals surface area contributed by atoms with Crippen molar-refractivity contribution in [2.75, 3.05) is 5.73 Å². The Morgan fingerprint density at radius 1 is 1.20 bits per heavy atom. The van der Waals surface area contributed by atoms with Crippen LogP contribution >= 0.6 is 0 Å². The van der Waals surface area contributed by atoms with Gasteiger partial charge in [-0.15, -0.1) is 0 Å². The molecule has 0 aromatic heterocycles. The molecule has 0 aliphatic heterocycles. The SMILES string of the molecule is CC(C)(C)S(=O)(=O)Cc1ccccc1N. The molecule has 84 valence electrons. The molecule has 0 bridgehead atoms. The molecule has 0 aliphatic rings. The second-order valence-corrected chi connectivity index (χ2v) is 7.31. The van der Waals surface area contributed by atoms with Crippen LogP contribution in [0, 0.1) is 0 Å². The number of hydrogen-bond donors (Lipinski definition) is 1. The van der Waals surface area contributed by atoms with E-state index >= 15 is 0 Å². The van der Waals surface area contributed by atoms with Crippen LogP contribution in [0.2, 0.25) is 0 Å². The van der Waals surface area contributed by atoms with Crippen molar-refractivity contribution in [2.24, 2.45) is 0 Å². The van der Waals surface area contributed by atoms with Gasteiger partial charge in [0.2, 0.25) is 0 Å². The van der Waals surface area contributed by atoms with Crippen molar-refractivity contribution in [3.05, 3.63) is 29.8 Å². The molecule has 1 rings (SSSR count). The Morgan fingerprint density at radius 2 is 1.73 bits per heavy atom. The van der Waals surface area contributed by atoms with Crippen LogP contribution in [0.5, 0.6) is 0 Å². The third-order valence-corrected chi connectivity index (χ3v) is 4.89. The first-order chi connectivity index (χ1) is 6.74. The third-order valence-electron chi connectivity index (χ3n) is 2.33. The van der Waals surface area contributed by atoms with Crippen LogP contribution < -0.4 is 5.73 Å². The highest BCUT2D eigenvalue weighted by atomic mass is 32.2. The average molecular weight is 227 g/mol. The molecule has 1 aromatic rings. The van der Waals surface area contributed by atoms with Gasteiger partial charge in [0.15, 0.2) is 9.84 Å². The van der Waals surface area contributed by atoms with E-state index in [4.69, 9.17) is 5.73 Å². The molecule has 0 saturated carbocycles. The van der Waals surface area contributed by atoms with Crippen molar-refractivity contribution >= 4 is 15.5 Å². The van der Waals surface area contributed by atoms with Crippen molar-refractivity contribution in [3.8, 4) is 0 Å². The molecule has 0 fully saturated rings. The Hall–Kier alpha value is -1.03. The third kappa shape index (κ3) is 2.72. The van der Waals surface area contributed by atoms with Gasteiger partial charge in [0.1, 0.15) is 0 Å². The molecule has 2 N–H and O–H groups in total. The van der Waals surface area contributed by atoms with Crippen LogP contribution in [0.15, 0.2) is 24.3 Å². The molecule has 0 saturated heterocycles. The van der Waals surface area contributed by atoms with Crippen LogP contribution in [0.4, 0.5) is 5.69 Å². The predicted molar refractivity (Wildman–Crippen MR) is 63.2 cm³/mol. The van der Waals surface area contributed by atoms with Gasteiger partial charge in [-0.25, -0.2) is 8.42 Å². The molecule has 3 nitrogen and oxygen atoms in total. The number of rotatable bonds is 2. The molecular formula is C11H17NO2S. The van der Waals surface area contributed by atoms with E-state index in [1.807, 2.05) is 0 Å². The Balaban J connectivity index is 3.03. The van der Waals surface area contributed by atoms with Gasteiger partial charge in [0.25, 0.3) is 0 Å². The van der Waals surface area contributed by atoms with Crippen molar-refractivity contribution in [2.45, 2.75) is 31.3 Å². The summed E-state index contributed by atoms with van der Waals surface area (Å²) in [6.07, 6.45) is 0. The lowest BCUT2D eigenvalue weighted by Gasteiger charge is -2.19. The minimum absolute atomic E-state index is 0.00315. The Morgan fingerprint density at radius 3 is 2.20 bits per heavy atom. The Kier molecular flexibility index (Phi) is 3.09. The summed E-state index contributed by atoms with van der Waals surface area (Å²) >= 11 is 0. The Labute approximate surface area is 91.2 Å². The van der Waals surface area contributed by atoms with Crippen LogP contribution in [0.25, 0.3) is 0 Å². The summed E-state index contributed by atoms with van der Waals surface area (Å²) in [6, 6.07) is 7.05. The normalized spacial score (nSPS) is 12.7. The summed E-state index contributed by atoms with van der Waals surface area (Å²) in [5.74, 6) is 0.00315. The van der Waals surface area contributed by atoms with Crippen LogP contribution in [0.3, 0.4) is 0 Å². The summed E-state index contributed by atoms with van der Waals surface area (Å²) in [5.41, 5.74) is 6.91. The van der Waals surface area contributed by atoms with Gasteiger partial charge in [0.05, 0.1) is 10.5 Å². The summed E-state index contributed by atoms with van der Waals surface area (Å²) in [6.45, 7) is 5.09. The molecule has 0 unspecified atom stereocenters. The lowest BCUT2D eigenvalue weighted by Crippen LogP contribution is -2.29. The van der Waals surface area contributed by atoms with Crippen molar-refractivity contribution in [1.29, 1.82) is 0 Å². The van der Waals surface area contributed by atoms with Gasteiger partial charge in [-0.2, -0.15) is 0 Å². The van der Waals surface area contributed by atoms with Gasteiger partial charge < -0.3 is 5.73 Å². The highest BCUT2D eigenvalue weighted by Gasteiger charge is 2.29. The predicted octanol–water partition coefficient (Wildman–Crippen LogP) is 1.98. The van der Waals surface area contributed by atoms with E-state index in [-0.39, 0.29) is 5.75 Å². The molecule has 0 atom stereocenters. The molecule has 1 aromatic carbocycles. The minimum atomic E-state index is -3.15. The average Bonchev–Trinajstić information content (AvgIpc) is 2.06. The number of nitrogens with two attached hydrogens (primary N) is 1. The zero-order valence-corrected chi connectivity index (χ0v) is 10.1. The highest BCUT2D eigenvalue weighted by molar-refractivity contribution is 7.91. The maximum atomic E-state index is 11.9.